The molecule has 0 aliphatic rings. The predicted molar refractivity (Wildman–Crippen MR) is 52.0 cm³/mol. The molecule has 0 radical (unpaired) electrons. The maximum Gasteiger partial charge on any atom is 0.327 e. The molecule has 0 unspecified atom stereocenters. The third kappa shape index (κ3) is 2.31. The van der Waals surface area contributed by atoms with Gasteiger partial charge in [-0.2, -0.15) is 0 Å². The van der Waals surface area contributed by atoms with Crippen molar-refractivity contribution in [3.63, 3.8) is 0 Å². The Labute approximate surface area is 90.0 Å². The molecular formula is C9H9FN2O4. The minimum Gasteiger partial charge on any atom is -0.468 e. The molecular weight excluding hydrogens is 219 g/mol. The van der Waals surface area contributed by atoms with Crippen LogP contribution >= 0.6 is 0 Å². The van der Waals surface area contributed by atoms with Gasteiger partial charge in [0.2, 0.25) is 0 Å². The van der Waals surface area contributed by atoms with E-state index in [0.717, 1.165) is 19.2 Å². The summed E-state index contributed by atoms with van der Waals surface area (Å²) in [6.45, 7) is 0. The molecule has 0 saturated carbocycles. The first-order chi connectivity index (χ1) is 7.47. The van der Waals surface area contributed by atoms with E-state index in [1.807, 2.05) is 0 Å². The van der Waals surface area contributed by atoms with Crippen molar-refractivity contribution in [2.75, 3.05) is 7.11 Å². The molecule has 0 heterocycles. The van der Waals surface area contributed by atoms with E-state index in [0.29, 0.717) is 6.07 Å². The van der Waals surface area contributed by atoms with Crippen LogP contribution in [0.15, 0.2) is 18.2 Å². The van der Waals surface area contributed by atoms with Crippen molar-refractivity contribution in [3.05, 3.63) is 39.7 Å². The van der Waals surface area contributed by atoms with Crippen LogP contribution in [0.25, 0.3) is 0 Å². The maximum atomic E-state index is 12.8. The minimum atomic E-state index is -1.30. The maximum absolute atomic E-state index is 12.8. The molecule has 0 aliphatic carbocycles. The first-order valence-electron chi connectivity index (χ1n) is 4.24. The molecule has 0 bridgehead atoms. The van der Waals surface area contributed by atoms with Crippen molar-refractivity contribution in [1.82, 2.24) is 0 Å². The zero-order chi connectivity index (χ0) is 12.3. The third-order valence-corrected chi connectivity index (χ3v) is 1.98. The topological polar surface area (TPSA) is 95.5 Å². The summed E-state index contributed by atoms with van der Waals surface area (Å²) in [6.07, 6.45) is 0. The van der Waals surface area contributed by atoms with Crippen LogP contribution < -0.4 is 5.73 Å². The molecule has 0 aromatic heterocycles. The quantitative estimate of drug-likeness (QED) is 0.471. The molecule has 0 saturated heterocycles. The number of carbonyl (C=O) groups excluding carboxylic acids is 1. The van der Waals surface area contributed by atoms with Gasteiger partial charge < -0.3 is 10.5 Å². The van der Waals surface area contributed by atoms with Crippen molar-refractivity contribution < 1.29 is 18.8 Å². The summed E-state index contributed by atoms with van der Waals surface area (Å²) < 4.78 is 17.1. The molecule has 0 aliphatic heterocycles. The first-order valence-corrected chi connectivity index (χ1v) is 4.24. The molecule has 1 aromatic rings. The lowest BCUT2D eigenvalue weighted by atomic mass is 10.1. The minimum absolute atomic E-state index is 0.0850. The molecule has 6 nitrogen and oxygen atoms in total. The number of carbonyl (C=O) groups is 1. The second-order valence-corrected chi connectivity index (χ2v) is 2.96. The molecule has 1 aromatic carbocycles. The van der Waals surface area contributed by atoms with Crippen LogP contribution in [-0.4, -0.2) is 18.0 Å². The van der Waals surface area contributed by atoms with Gasteiger partial charge in [-0.05, 0) is 12.1 Å². The number of rotatable bonds is 3. The van der Waals surface area contributed by atoms with Gasteiger partial charge in [0.1, 0.15) is 11.9 Å². The molecule has 1 rings (SSSR count). The van der Waals surface area contributed by atoms with E-state index in [4.69, 9.17) is 5.73 Å². The Kier molecular flexibility index (Phi) is 3.51. The van der Waals surface area contributed by atoms with E-state index in [1.165, 1.54) is 0 Å². The monoisotopic (exact) mass is 228 g/mol. The van der Waals surface area contributed by atoms with Crippen molar-refractivity contribution in [1.29, 1.82) is 0 Å². The number of halogens is 1. The summed E-state index contributed by atoms with van der Waals surface area (Å²) in [7, 11) is 1.11. The normalized spacial score (nSPS) is 11.9. The molecule has 1 atom stereocenters. The number of nitrogens with zero attached hydrogens (tertiary/aromatic N) is 1. The van der Waals surface area contributed by atoms with Gasteiger partial charge in [-0.15, -0.1) is 0 Å². The second kappa shape index (κ2) is 4.67. The summed E-state index contributed by atoms with van der Waals surface area (Å²) in [5, 5.41) is 10.6. The second-order valence-electron chi connectivity index (χ2n) is 2.96. The SMILES string of the molecule is COC(=O)[C@@H](N)c1ccc(F)cc1[N+](=O)[O-]. The van der Waals surface area contributed by atoms with E-state index in [-0.39, 0.29) is 5.56 Å². The number of esters is 1. The molecule has 16 heavy (non-hydrogen) atoms. The lowest BCUT2D eigenvalue weighted by Gasteiger charge is -2.09. The Balaban J connectivity index is 3.22. The van der Waals surface area contributed by atoms with E-state index in [2.05, 4.69) is 4.74 Å². The van der Waals surface area contributed by atoms with Crippen LogP contribution in [0.2, 0.25) is 0 Å². The number of methoxy groups -OCH3 is 1. The summed E-state index contributed by atoms with van der Waals surface area (Å²) in [4.78, 5) is 20.9. The third-order valence-electron chi connectivity index (χ3n) is 1.98. The zero-order valence-corrected chi connectivity index (χ0v) is 8.34. The molecule has 2 N–H and O–H groups in total. The van der Waals surface area contributed by atoms with Gasteiger partial charge in [-0.1, -0.05) is 0 Å². The Morgan fingerprint density at radius 3 is 2.75 bits per heavy atom. The number of benzene rings is 1. The Morgan fingerprint density at radius 1 is 1.62 bits per heavy atom. The first kappa shape index (κ1) is 12.1. The standard InChI is InChI=1S/C9H9FN2O4/c1-16-9(13)8(11)6-3-2-5(10)4-7(6)12(14)15/h2-4,8H,11H2,1H3/t8-/m0/s1. The average molecular weight is 228 g/mol. The van der Waals surface area contributed by atoms with Gasteiger partial charge in [0, 0.05) is 0 Å². The fourth-order valence-electron chi connectivity index (χ4n) is 1.19. The number of hydrogen-bond donors (Lipinski definition) is 1. The highest BCUT2D eigenvalue weighted by atomic mass is 19.1. The summed E-state index contributed by atoms with van der Waals surface area (Å²) >= 11 is 0. The van der Waals surface area contributed by atoms with Crippen LogP contribution in [-0.2, 0) is 9.53 Å². The molecule has 0 spiro atoms. The summed E-state index contributed by atoms with van der Waals surface area (Å²) in [5.41, 5.74) is 4.81. The van der Waals surface area contributed by atoms with E-state index >= 15 is 0 Å². The Bertz CT molecular complexity index is 436. The van der Waals surface area contributed by atoms with E-state index in [1.54, 1.807) is 0 Å². The molecule has 86 valence electrons. The van der Waals surface area contributed by atoms with Gasteiger partial charge in [0.05, 0.1) is 23.7 Å². The average Bonchev–Trinajstić information content (AvgIpc) is 2.26. The number of hydrogen-bond acceptors (Lipinski definition) is 5. The fraction of sp³-hybridized carbons (Fsp3) is 0.222. The fourth-order valence-corrected chi connectivity index (χ4v) is 1.19. The zero-order valence-electron chi connectivity index (χ0n) is 8.34. The lowest BCUT2D eigenvalue weighted by Crippen LogP contribution is -2.23. The van der Waals surface area contributed by atoms with Gasteiger partial charge >= 0.3 is 5.97 Å². The summed E-state index contributed by atoms with van der Waals surface area (Å²) in [6, 6.07) is 1.49. The van der Waals surface area contributed by atoms with Gasteiger partial charge in [0.15, 0.2) is 0 Å². The molecule has 0 amide bonds. The Morgan fingerprint density at radius 2 is 2.25 bits per heavy atom. The van der Waals surface area contributed by atoms with E-state index < -0.39 is 28.4 Å². The van der Waals surface area contributed by atoms with Crippen LogP contribution in [0, 0.1) is 15.9 Å². The van der Waals surface area contributed by atoms with Crippen molar-refractivity contribution >= 4 is 11.7 Å². The van der Waals surface area contributed by atoms with Gasteiger partial charge in [0.25, 0.3) is 5.69 Å². The van der Waals surface area contributed by atoms with Crippen LogP contribution in [0.4, 0.5) is 10.1 Å². The summed E-state index contributed by atoms with van der Waals surface area (Å²) in [5.74, 6) is -1.60. The van der Waals surface area contributed by atoms with Crippen LogP contribution in [0.5, 0.6) is 0 Å². The van der Waals surface area contributed by atoms with Gasteiger partial charge in [-0.3, -0.25) is 10.1 Å². The smallest absolute Gasteiger partial charge is 0.327 e. The van der Waals surface area contributed by atoms with Crippen molar-refractivity contribution in [3.8, 4) is 0 Å². The van der Waals surface area contributed by atoms with E-state index in [9.17, 15) is 19.3 Å². The largest absolute Gasteiger partial charge is 0.468 e. The lowest BCUT2D eigenvalue weighted by molar-refractivity contribution is -0.385. The van der Waals surface area contributed by atoms with Crippen molar-refractivity contribution in [2.45, 2.75) is 6.04 Å². The van der Waals surface area contributed by atoms with Crippen molar-refractivity contribution in [2.24, 2.45) is 5.73 Å². The number of ether oxygens (including phenoxy) is 1. The molecule has 0 fully saturated rings. The highest BCUT2D eigenvalue weighted by Gasteiger charge is 2.25. The highest BCUT2D eigenvalue weighted by Crippen LogP contribution is 2.25. The van der Waals surface area contributed by atoms with Crippen LogP contribution in [0.1, 0.15) is 11.6 Å². The number of nitro groups is 1. The number of nitrogens with two attached hydrogens (primary N) is 1. The number of nitro benzene ring substituents is 1. The molecule has 7 heteroatoms. The Hall–Kier alpha value is -2.02. The van der Waals surface area contributed by atoms with Gasteiger partial charge in [-0.25, -0.2) is 9.18 Å². The predicted octanol–water partition coefficient (Wildman–Crippen LogP) is 0.907. The van der Waals surface area contributed by atoms with Crippen LogP contribution in [0.3, 0.4) is 0 Å². The highest BCUT2D eigenvalue weighted by molar-refractivity contribution is 5.78.